The average molecular weight is 349 g/mol. The smallest absolute Gasteiger partial charge is 0.254 e. The predicted octanol–water partition coefficient (Wildman–Crippen LogP) is 3.95. The molecule has 2 aliphatic heterocycles. The number of benzene rings is 1. The lowest BCUT2D eigenvalue weighted by atomic mass is 9.78. The first-order valence-corrected chi connectivity index (χ1v) is 9.60. The third kappa shape index (κ3) is 3.20. The fourth-order valence-corrected chi connectivity index (χ4v) is 4.38. The molecule has 2 aromatic rings. The van der Waals surface area contributed by atoms with Crippen molar-refractivity contribution in [1.29, 1.82) is 0 Å². The number of anilines is 1. The average Bonchev–Trinajstić information content (AvgIpc) is 3.29. The standard InChI is InChI=1S/C22H27N3O/c1-22(2)16-25(15-19(22)17-8-4-3-5-9-17)20-14-18(10-11-23-20)21(26)24-12-6-7-13-24/h3-5,8-11,14,19H,6-7,12-13,15-16H2,1-2H3. The molecule has 4 nitrogen and oxygen atoms in total. The van der Waals surface area contributed by atoms with Crippen molar-refractivity contribution >= 4 is 11.7 Å². The number of likely N-dealkylation sites (tertiary alicyclic amines) is 1. The van der Waals surface area contributed by atoms with Gasteiger partial charge in [-0.15, -0.1) is 0 Å². The maximum absolute atomic E-state index is 12.7. The Kier molecular flexibility index (Phi) is 4.43. The first kappa shape index (κ1) is 17.1. The van der Waals surface area contributed by atoms with Crippen LogP contribution in [0.1, 0.15) is 48.5 Å². The van der Waals surface area contributed by atoms with Crippen LogP contribution < -0.4 is 4.90 Å². The Morgan fingerprint density at radius 3 is 2.58 bits per heavy atom. The molecular formula is C22H27N3O. The van der Waals surface area contributed by atoms with Crippen LogP contribution in [0, 0.1) is 5.41 Å². The van der Waals surface area contributed by atoms with Crippen LogP contribution in [0.2, 0.25) is 0 Å². The van der Waals surface area contributed by atoms with E-state index in [2.05, 4.69) is 54.1 Å². The summed E-state index contributed by atoms with van der Waals surface area (Å²) in [7, 11) is 0. The van der Waals surface area contributed by atoms with E-state index < -0.39 is 0 Å². The molecule has 1 aromatic heterocycles. The quantitative estimate of drug-likeness (QED) is 0.842. The SMILES string of the molecule is CC1(C)CN(c2cc(C(=O)N3CCCC3)ccn2)CC1c1ccccc1. The fourth-order valence-electron chi connectivity index (χ4n) is 4.38. The lowest BCUT2D eigenvalue weighted by molar-refractivity contribution is 0.0792. The molecule has 0 spiro atoms. The van der Waals surface area contributed by atoms with E-state index >= 15 is 0 Å². The van der Waals surface area contributed by atoms with Crippen LogP contribution in [0.4, 0.5) is 5.82 Å². The summed E-state index contributed by atoms with van der Waals surface area (Å²) in [6, 6.07) is 14.6. The molecule has 0 bridgehead atoms. The van der Waals surface area contributed by atoms with Gasteiger partial charge < -0.3 is 9.80 Å². The minimum atomic E-state index is 0.143. The van der Waals surface area contributed by atoms with Gasteiger partial charge in [0.1, 0.15) is 5.82 Å². The number of carbonyl (C=O) groups excluding carboxylic acids is 1. The second kappa shape index (κ2) is 6.75. The van der Waals surface area contributed by atoms with Crippen molar-refractivity contribution in [3.63, 3.8) is 0 Å². The highest BCUT2D eigenvalue weighted by atomic mass is 16.2. The summed E-state index contributed by atoms with van der Waals surface area (Å²) in [5.74, 6) is 1.52. The Hall–Kier alpha value is -2.36. The number of hydrogen-bond acceptors (Lipinski definition) is 3. The molecule has 2 saturated heterocycles. The van der Waals surface area contributed by atoms with E-state index in [1.807, 2.05) is 17.0 Å². The molecule has 1 amide bonds. The molecule has 1 aromatic carbocycles. The largest absolute Gasteiger partial charge is 0.355 e. The van der Waals surface area contributed by atoms with Gasteiger partial charge in [-0.1, -0.05) is 44.2 Å². The molecule has 3 heterocycles. The molecule has 26 heavy (non-hydrogen) atoms. The zero-order valence-corrected chi connectivity index (χ0v) is 15.7. The van der Waals surface area contributed by atoms with Gasteiger partial charge in [-0.2, -0.15) is 0 Å². The molecule has 2 aliphatic rings. The van der Waals surface area contributed by atoms with Crippen LogP contribution in [0.3, 0.4) is 0 Å². The Bertz CT molecular complexity index is 781. The number of hydrogen-bond donors (Lipinski definition) is 0. The number of rotatable bonds is 3. The second-order valence-corrected chi connectivity index (χ2v) is 8.23. The van der Waals surface area contributed by atoms with Crippen molar-refractivity contribution in [2.24, 2.45) is 5.41 Å². The van der Waals surface area contributed by atoms with Crippen LogP contribution in [0.25, 0.3) is 0 Å². The third-order valence-corrected chi connectivity index (χ3v) is 5.86. The van der Waals surface area contributed by atoms with E-state index in [4.69, 9.17) is 0 Å². The van der Waals surface area contributed by atoms with E-state index in [1.54, 1.807) is 6.20 Å². The number of nitrogens with zero attached hydrogens (tertiary/aromatic N) is 3. The number of pyridine rings is 1. The van der Waals surface area contributed by atoms with E-state index in [9.17, 15) is 4.79 Å². The van der Waals surface area contributed by atoms with Crippen molar-refractivity contribution in [2.45, 2.75) is 32.6 Å². The summed E-state index contributed by atoms with van der Waals surface area (Å²) in [5, 5.41) is 0. The third-order valence-electron chi connectivity index (χ3n) is 5.86. The summed E-state index contributed by atoms with van der Waals surface area (Å²) >= 11 is 0. The van der Waals surface area contributed by atoms with Crippen LogP contribution in [-0.4, -0.2) is 42.0 Å². The predicted molar refractivity (Wildman–Crippen MR) is 105 cm³/mol. The van der Waals surface area contributed by atoms with Crippen LogP contribution in [0.5, 0.6) is 0 Å². The molecule has 0 N–H and O–H groups in total. The number of amides is 1. The van der Waals surface area contributed by atoms with Gasteiger partial charge in [-0.05, 0) is 36.0 Å². The van der Waals surface area contributed by atoms with Crippen molar-refractivity contribution in [2.75, 3.05) is 31.1 Å². The zero-order valence-electron chi connectivity index (χ0n) is 15.7. The van der Waals surface area contributed by atoms with Crippen molar-refractivity contribution in [3.8, 4) is 0 Å². The van der Waals surface area contributed by atoms with Crippen molar-refractivity contribution in [1.82, 2.24) is 9.88 Å². The molecular weight excluding hydrogens is 322 g/mol. The maximum Gasteiger partial charge on any atom is 0.254 e. The van der Waals surface area contributed by atoms with Gasteiger partial charge in [0, 0.05) is 43.9 Å². The van der Waals surface area contributed by atoms with Crippen molar-refractivity contribution < 1.29 is 4.79 Å². The zero-order chi connectivity index (χ0) is 18.1. The molecule has 0 radical (unpaired) electrons. The molecule has 1 unspecified atom stereocenters. The molecule has 4 heteroatoms. The molecule has 2 fully saturated rings. The van der Waals surface area contributed by atoms with Crippen LogP contribution in [-0.2, 0) is 0 Å². The van der Waals surface area contributed by atoms with Crippen LogP contribution >= 0.6 is 0 Å². The van der Waals surface area contributed by atoms with E-state index in [0.717, 1.165) is 50.4 Å². The van der Waals surface area contributed by atoms with Gasteiger partial charge in [0.25, 0.3) is 5.91 Å². The molecule has 4 rings (SSSR count). The second-order valence-electron chi connectivity index (χ2n) is 8.23. The summed E-state index contributed by atoms with van der Waals surface area (Å²) in [4.78, 5) is 21.6. The first-order valence-electron chi connectivity index (χ1n) is 9.60. The summed E-state index contributed by atoms with van der Waals surface area (Å²) in [6.45, 7) is 8.28. The lowest BCUT2D eigenvalue weighted by Crippen LogP contribution is -2.28. The highest BCUT2D eigenvalue weighted by Gasteiger charge is 2.40. The lowest BCUT2D eigenvalue weighted by Gasteiger charge is -2.25. The van der Waals surface area contributed by atoms with Gasteiger partial charge in [-0.25, -0.2) is 4.98 Å². The summed E-state index contributed by atoms with van der Waals surface area (Å²) in [6.07, 6.45) is 4.01. The minimum absolute atomic E-state index is 0.143. The van der Waals surface area contributed by atoms with Gasteiger partial charge in [0.05, 0.1) is 0 Å². The summed E-state index contributed by atoms with van der Waals surface area (Å²) in [5.41, 5.74) is 2.31. The highest BCUT2D eigenvalue weighted by Crippen LogP contribution is 2.43. The molecule has 0 saturated carbocycles. The van der Waals surface area contributed by atoms with E-state index in [1.165, 1.54) is 5.56 Å². The van der Waals surface area contributed by atoms with Crippen molar-refractivity contribution in [3.05, 3.63) is 59.8 Å². The Morgan fingerprint density at radius 1 is 1.12 bits per heavy atom. The number of aromatic nitrogens is 1. The molecule has 136 valence electrons. The maximum atomic E-state index is 12.7. The van der Waals surface area contributed by atoms with E-state index in [-0.39, 0.29) is 11.3 Å². The Labute approximate surface area is 155 Å². The van der Waals surface area contributed by atoms with Gasteiger partial charge in [-0.3, -0.25) is 4.79 Å². The Balaban J connectivity index is 1.56. The topological polar surface area (TPSA) is 36.4 Å². The highest BCUT2D eigenvalue weighted by molar-refractivity contribution is 5.95. The van der Waals surface area contributed by atoms with Gasteiger partial charge >= 0.3 is 0 Å². The van der Waals surface area contributed by atoms with E-state index in [0.29, 0.717) is 5.92 Å². The van der Waals surface area contributed by atoms with Crippen LogP contribution in [0.15, 0.2) is 48.7 Å². The molecule has 1 atom stereocenters. The Morgan fingerprint density at radius 2 is 1.85 bits per heavy atom. The molecule has 0 aliphatic carbocycles. The fraction of sp³-hybridized carbons (Fsp3) is 0.455. The first-order chi connectivity index (χ1) is 12.5. The minimum Gasteiger partial charge on any atom is -0.355 e. The number of carbonyl (C=O) groups is 1. The van der Waals surface area contributed by atoms with Gasteiger partial charge in [0.2, 0.25) is 0 Å². The monoisotopic (exact) mass is 349 g/mol. The normalized spacial score (nSPS) is 22.0. The van der Waals surface area contributed by atoms with Gasteiger partial charge in [0.15, 0.2) is 0 Å². The summed E-state index contributed by atoms with van der Waals surface area (Å²) < 4.78 is 0.